The predicted octanol–water partition coefficient (Wildman–Crippen LogP) is 2.87. The maximum atomic E-state index is 9.00. The summed E-state index contributed by atoms with van der Waals surface area (Å²) in [6.45, 7) is 5.41. The number of pyridine rings is 1. The summed E-state index contributed by atoms with van der Waals surface area (Å²) >= 11 is 0. The van der Waals surface area contributed by atoms with Crippen LogP contribution in [0.1, 0.15) is 44.4 Å². The maximum Gasteiger partial charge on any atom is 0.144 e. The lowest BCUT2D eigenvalue weighted by atomic mass is 9.80. The van der Waals surface area contributed by atoms with E-state index in [1.165, 1.54) is 19.3 Å². The van der Waals surface area contributed by atoms with Crippen LogP contribution in [-0.2, 0) is 6.54 Å². The van der Waals surface area contributed by atoms with Gasteiger partial charge in [0.15, 0.2) is 0 Å². The van der Waals surface area contributed by atoms with Gasteiger partial charge in [-0.25, -0.2) is 4.98 Å². The Hall–Kier alpha value is -1.40. The molecule has 0 amide bonds. The first-order valence-corrected chi connectivity index (χ1v) is 6.78. The Labute approximate surface area is 109 Å². The first kappa shape index (κ1) is 13.0. The zero-order valence-electron chi connectivity index (χ0n) is 11.2. The van der Waals surface area contributed by atoms with Crippen molar-refractivity contribution in [1.82, 2.24) is 10.3 Å². The minimum atomic E-state index is 0.543. The molecule has 3 heteroatoms. The average Bonchev–Trinajstić information content (AvgIpc) is 2.38. The summed E-state index contributed by atoms with van der Waals surface area (Å²) < 4.78 is 0. The molecule has 96 valence electrons. The Balaban J connectivity index is 1.94. The number of hydrogen-bond donors (Lipinski definition) is 1. The summed E-state index contributed by atoms with van der Waals surface area (Å²) in [6, 6.07) is 6.60. The molecule has 18 heavy (non-hydrogen) atoms. The highest BCUT2D eigenvalue weighted by atomic mass is 14.9. The summed E-state index contributed by atoms with van der Waals surface area (Å²) in [5, 5.41) is 12.6. The molecule has 0 aromatic carbocycles. The summed E-state index contributed by atoms with van der Waals surface area (Å²) in [5.74, 6) is 1.57. The van der Waals surface area contributed by atoms with Crippen LogP contribution in [-0.4, -0.2) is 11.0 Å². The molecule has 0 spiro atoms. The standard InChI is InChI=1S/C15H21N3/c1-11-5-6-14(12(2)8-11)18-10-13-4-3-7-17-15(13)9-16/h3-4,7,11-12,14,18H,5-6,8,10H2,1-2H3. The van der Waals surface area contributed by atoms with Crippen molar-refractivity contribution in [1.29, 1.82) is 5.26 Å². The van der Waals surface area contributed by atoms with Crippen molar-refractivity contribution in [2.75, 3.05) is 0 Å². The van der Waals surface area contributed by atoms with Gasteiger partial charge in [0.25, 0.3) is 0 Å². The van der Waals surface area contributed by atoms with Crippen LogP contribution in [0, 0.1) is 23.2 Å². The lowest BCUT2D eigenvalue weighted by molar-refractivity contribution is 0.227. The Bertz CT molecular complexity index is 436. The largest absolute Gasteiger partial charge is 0.310 e. The van der Waals surface area contributed by atoms with Gasteiger partial charge in [0.1, 0.15) is 11.8 Å². The monoisotopic (exact) mass is 243 g/mol. The number of nitriles is 1. The lowest BCUT2D eigenvalue weighted by Crippen LogP contribution is -2.38. The molecule has 1 fully saturated rings. The van der Waals surface area contributed by atoms with Crippen LogP contribution in [0.25, 0.3) is 0 Å². The van der Waals surface area contributed by atoms with Crippen LogP contribution in [0.2, 0.25) is 0 Å². The van der Waals surface area contributed by atoms with E-state index in [4.69, 9.17) is 5.26 Å². The molecular weight excluding hydrogens is 222 g/mol. The van der Waals surface area contributed by atoms with E-state index in [0.717, 1.165) is 23.9 Å². The van der Waals surface area contributed by atoms with Crippen molar-refractivity contribution in [2.24, 2.45) is 11.8 Å². The van der Waals surface area contributed by atoms with E-state index >= 15 is 0 Å². The summed E-state index contributed by atoms with van der Waals surface area (Å²) in [6.07, 6.45) is 5.52. The second kappa shape index (κ2) is 5.97. The van der Waals surface area contributed by atoms with Gasteiger partial charge in [-0.2, -0.15) is 5.26 Å². The fraction of sp³-hybridized carbons (Fsp3) is 0.600. The summed E-state index contributed by atoms with van der Waals surface area (Å²) in [7, 11) is 0. The number of nitrogens with zero attached hydrogens (tertiary/aromatic N) is 2. The molecule has 1 aliphatic rings. The van der Waals surface area contributed by atoms with Crippen molar-refractivity contribution in [2.45, 2.75) is 45.7 Å². The summed E-state index contributed by atoms with van der Waals surface area (Å²) in [5.41, 5.74) is 1.55. The summed E-state index contributed by atoms with van der Waals surface area (Å²) in [4.78, 5) is 4.09. The van der Waals surface area contributed by atoms with Gasteiger partial charge in [-0.15, -0.1) is 0 Å². The predicted molar refractivity (Wildman–Crippen MR) is 71.8 cm³/mol. The second-order valence-electron chi connectivity index (χ2n) is 5.51. The Morgan fingerprint density at radius 1 is 1.44 bits per heavy atom. The number of nitrogens with one attached hydrogen (secondary N) is 1. The van der Waals surface area contributed by atoms with E-state index in [-0.39, 0.29) is 0 Å². The molecule has 0 radical (unpaired) electrons. The fourth-order valence-electron chi connectivity index (χ4n) is 2.89. The maximum absolute atomic E-state index is 9.00. The van der Waals surface area contributed by atoms with E-state index in [9.17, 15) is 0 Å². The normalized spacial score (nSPS) is 27.7. The topological polar surface area (TPSA) is 48.7 Å². The highest BCUT2D eigenvalue weighted by molar-refractivity contribution is 5.30. The van der Waals surface area contributed by atoms with Crippen molar-refractivity contribution >= 4 is 0 Å². The zero-order chi connectivity index (χ0) is 13.0. The molecule has 3 atom stereocenters. The number of rotatable bonds is 3. The molecule has 1 saturated carbocycles. The van der Waals surface area contributed by atoms with Crippen LogP contribution >= 0.6 is 0 Å². The van der Waals surface area contributed by atoms with Crippen LogP contribution in [0.3, 0.4) is 0 Å². The van der Waals surface area contributed by atoms with E-state index in [1.54, 1.807) is 6.20 Å². The van der Waals surface area contributed by atoms with Crippen LogP contribution in [0.5, 0.6) is 0 Å². The fourth-order valence-corrected chi connectivity index (χ4v) is 2.89. The van der Waals surface area contributed by atoms with Crippen molar-refractivity contribution in [3.8, 4) is 6.07 Å². The van der Waals surface area contributed by atoms with Gasteiger partial charge in [0, 0.05) is 24.3 Å². The third-order valence-corrected chi connectivity index (χ3v) is 3.98. The molecule has 1 aliphatic carbocycles. The molecule has 2 rings (SSSR count). The van der Waals surface area contributed by atoms with E-state index in [1.807, 2.05) is 12.1 Å². The first-order valence-electron chi connectivity index (χ1n) is 6.78. The van der Waals surface area contributed by atoms with Crippen molar-refractivity contribution in [3.05, 3.63) is 29.6 Å². The van der Waals surface area contributed by atoms with Gasteiger partial charge in [-0.3, -0.25) is 0 Å². The van der Waals surface area contributed by atoms with Crippen LogP contribution in [0.4, 0.5) is 0 Å². The Kier molecular flexibility index (Phi) is 4.33. The molecule has 1 N–H and O–H groups in total. The number of hydrogen-bond acceptors (Lipinski definition) is 3. The smallest absolute Gasteiger partial charge is 0.144 e. The molecule has 0 aliphatic heterocycles. The second-order valence-corrected chi connectivity index (χ2v) is 5.51. The highest BCUT2D eigenvalue weighted by Gasteiger charge is 2.24. The molecule has 0 saturated heterocycles. The van der Waals surface area contributed by atoms with Crippen molar-refractivity contribution in [3.63, 3.8) is 0 Å². The molecule has 3 nitrogen and oxygen atoms in total. The Morgan fingerprint density at radius 3 is 3.00 bits per heavy atom. The zero-order valence-corrected chi connectivity index (χ0v) is 11.2. The molecule has 0 bridgehead atoms. The third kappa shape index (κ3) is 3.08. The van der Waals surface area contributed by atoms with Gasteiger partial charge in [0.2, 0.25) is 0 Å². The van der Waals surface area contributed by atoms with Crippen molar-refractivity contribution < 1.29 is 0 Å². The molecule has 1 aromatic heterocycles. The van der Waals surface area contributed by atoms with Crippen LogP contribution < -0.4 is 5.32 Å². The molecule has 1 heterocycles. The molecular formula is C15H21N3. The van der Waals surface area contributed by atoms with Gasteiger partial charge < -0.3 is 5.32 Å². The highest BCUT2D eigenvalue weighted by Crippen LogP contribution is 2.28. The SMILES string of the molecule is CC1CCC(NCc2cccnc2C#N)C(C)C1. The minimum Gasteiger partial charge on any atom is -0.310 e. The minimum absolute atomic E-state index is 0.543. The van der Waals surface area contributed by atoms with Gasteiger partial charge in [0.05, 0.1) is 0 Å². The Morgan fingerprint density at radius 2 is 2.28 bits per heavy atom. The van der Waals surface area contributed by atoms with Gasteiger partial charge in [-0.1, -0.05) is 19.9 Å². The quantitative estimate of drug-likeness (QED) is 0.888. The average molecular weight is 243 g/mol. The number of aromatic nitrogens is 1. The molecule has 1 aromatic rings. The lowest BCUT2D eigenvalue weighted by Gasteiger charge is -2.33. The molecule has 3 unspecified atom stereocenters. The van der Waals surface area contributed by atoms with E-state index in [2.05, 4.69) is 30.2 Å². The van der Waals surface area contributed by atoms with Gasteiger partial charge in [-0.05, 0) is 37.2 Å². The van der Waals surface area contributed by atoms with E-state index in [0.29, 0.717) is 11.7 Å². The van der Waals surface area contributed by atoms with Crippen LogP contribution in [0.15, 0.2) is 18.3 Å². The van der Waals surface area contributed by atoms with E-state index < -0.39 is 0 Å². The van der Waals surface area contributed by atoms with Gasteiger partial charge >= 0.3 is 0 Å². The first-order chi connectivity index (χ1) is 8.70. The third-order valence-electron chi connectivity index (χ3n) is 3.98.